The number of amides is 3. The molecule has 3 atom stereocenters. The zero-order valence-corrected chi connectivity index (χ0v) is 18.2. The van der Waals surface area contributed by atoms with Gasteiger partial charge in [-0.05, 0) is 36.4 Å². The molecule has 1 fully saturated rings. The smallest absolute Gasteiger partial charge is 0.252 e. The van der Waals surface area contributed by atoms with Crippen LogP contribution in [0, 0.1) is 0 Å². The molecule has 0 bridgehead atoms. The normalized spacial score (nSPS) is 21.6. The molecule has 2 aliphatic heterocycles. The molecule has 0 aliphatic carbocycles. The van der Waals surface area contributed by atoms with Gasteiger partial charge >= 0.3 is 0 Å². The van der Waals surface area contributed by atoms with E-state index in [0.29, 0.717) is 27.8 Å². The fraction of sp³-hybridized carbons (Fsp3) is 0.250. The van der Waals surface area contributed by atoms with Crippen LogP contribution in [-0.2, 0) is 9.59 Å². The Labute approximate surface area is 192 Å². The van der Waals surface area contributed by atoms with Crippen LogP contribution in [-0.4, -0.2) is 48.0 Å². The molecule has 168 valence electrons. The van der Waals surface area contributed by atoms with E-state index in [9.17, 15) is 14.4 Å². The zero-order valence-electron chi connectivity index (χ0n) is 16.6. The molecule has 0 radical (unpaired) electrons. The summed E-state index contributed by atoms with van der Waals surface area (Å²) in [5.74, 6) is 0.0747. The summed E-state index contributed by atoms with van der Waals surface area (Å²) < 4.78 is 10.5. The molecule has 1 saturated heterocycles. The topological polar surface area (TPSA) is 144 Å². The van der Waals surface area contributed by atoms with Gasteiger partial charge < -0.3 is 31.2 Å². The van der Waals surface area contributed by atoms with Crippen LogP contribution in [0.2, 0.25) is 5.02 Å². The molecule has 2 aliphatic rings. The standard InChI is InChI=1S/C20H20ClN5O5S/c21-11-3-1-10(2-4-11)18(28)24-16-17(22)25-20(26-19(16)29)32-8-15(27)23-12-5-6-13-14(7-12)31-9-30-13/h1-7,16-17,20,25H,8-9,22H2,(H,23,27)(H,24,28)(H,26,29). The lowest BCUT2D eigenvalue weighted by Crippen LogP contribution is -2.70. The van der Waals surface area contributed by atoms with Crippen LogP contribution in [0.1, 0.15) is 10.4 Å². The van der Waals surface area contributed by atoms with Gasteiger partial charge in [0, 0.05) is 22.3 Å². The number of nitrogens with two attached hydrogens (primary N) is 1. The lowest BCUT2D eigenvalue weighted by atomic mass is 10.1. The van der Waals surface area contributed by atoms with Gasteiger partial charge in [-0.1, -0.05) is 11.6 Å². The van der Waals surface area contributed by atoms with Crippen LogP contribution in [0.4, 0.5) is 5.69 Å². The van der Waals surface area contributed by atoms with Crippen LogP contribution >= 0.6 is 23.4 Å². The highest BCUT2D eigenvalue weighted by Crippen LogP contribution is 2.34. The molecule has 2 aromatic rings. The summed E-state index contributed by atoms with van der Waals surface area (Å²) >= 11 is 6.98. The van der Waals surface area contributed by atoms with Gasteiger partial charge in [0.25, 0.3) is 5.91 Å². The maximum Gasteiger partial charge on any atom is 0.252 e. The lowest BCUT2D eigenvalue weighted by Gasteiger charge is -2.35. The van der Waals surface area contributed by atoms with E-state index in [1.54, 1.807) is 42.5 Å². The van der Waals surface area contributed by atoms with Gasteiger partial charge in [-0.2, -0.15) is 0 Å². The van der Waals surface area contributed by atoms with Crippen LogP contribution < -0.4 is 36.5 Å². The molecule has 3 amide bonds. The summed E-state index contributed by atoms with van der Waals surface area (Å²) in [6, 6.07) is 10.4. The highest BCUT2D eigenvalue weighted by atomic mass is 35.5. The third-order valence-electron chi connectivity index (χ3n) is 4.69. The van der Waals surface area contributed by atoms with E-state index in [1.807, 2.05) is 0 Å². The summed E-state index contributed by atoms with van der Waals surface area (Å²) in [5.41, 5.74) is 6.38. The van der Waals surface area contributed by atoms with Gasteiger partial charge in [0.05, 0.1) is 11.9 Å². The predicted octanol–water partition coefficient (Wildman–Crippen LogP) is 0.827. The van der Waals surface area contributed by atoms with E-state index in [0.717, 1.165) is 11.8 Å². The third-order valence-corrected chi connectivity index (χ3v) is 5.96. The average Bonchev–Trinajstić information content (AvgIpc) is 3.23. The van der Waals surface area contributed by atoms with Gasteiger partial charge in [0.2, 0.25) is 18.6 Å². The number of thioether (sulfide) groups is 1. The number of rotatable bonds is 6. The van der Waals surface area contributed by atoms with Crippen LogP contribution in [0.3, 0.4) is 0 Å². The Morgan fingerprint density at radius 2 is 1.91 bits per heavy atom. The largest absolute Gasteiger partial charge is 0.454 e. The molecular weight excluding hydrogens is 458 g/mol. The van der Waals surface area contributed by atoms with Gasteiger partial charge in [-0.3, -0.25) is 19.7 Å². The quantitative estimate of drug-likeness (QED) is 0.411. The maximum absolute atomic E-state index is 12.5. The summed E-state index contributed by atoms with van der Waals surface area (Å²) in [7, 11) is 0. The zero-order chi connectivity index (χ0) is 22.7. The first-order valence-electron chi connectivity index (χ1n) is 9.58. The monoisotopic (exact) mass is 477 g/mol. The molecule has 0 aromatic heterocycles. The van der Waals surface area contributed by atoms with E-state index in [-0.39, 0.29) is 18.5 Å². The van der Waals surface area contributed by atoms with Crippen molar-refractivity contribution >= 4 is 46.8 Å². The minimum atomic E-state index is -0.975. The van der Waals surface area contributed by atoms with Gasteiger partial charge in [-0.25, -0.2) is 0 Å². The summed E-state index contributed by atoms with van der Waals surface area (Å²) in [6.45, 7) is 0.150. The number of halogens is 1. The fourth-order valence-corrected chi connectivity index (χ4v) is 4.07. The second kappa shape index (κ2) is 9.65. The fourth-order valence-electron chi connectivity index (χ4n) is 3.10. The molecule has 3 unspecified atom stereocenters. The second-order valence-corrected chi connectivity index (χ2v) is 8.50. The minimum absolute atomic E-state index is 0.0565. The molecule has 0 spiro atoms. The first-order valence-corrected chi connectivity index (χ1v) is 11.0. The molecule has 2 heterocycles. The number of anilines is 1. The van der Waals surface area contributed by atoms with E-state index in [2.05, 4.69) is 21.3 Å². The van der Waals surface area contributed by atoms with Crippen molar-refractivity contribution in [3.8, 4) is 11.5 Å². The first-order chi connectivity index (χ1) is 15.4. The number of fused-ring (bicyclic) bond motifs is 1. The van der Waals surface area contributed by atoms with Crippen molar-refractivity contribution in [1.82, 2.24) is 16.0 Å². The van der Waals surface area contributed by atoms with Crippen molar-refractivity contribution in [3.05, 3.63) is 53.1 Å². The van der Waals surface area contributed by atoms with E-state index in [4.69, 9.17) is 26.8 Å². The molecule has 0 saturated carbocycles. The Bertz CT molecular complexity index is 1040. The summed E-state index contributed by atoms with van der Waals surface area (Å²) in [4.78, 5) is 37.1. The van der Waals surface area contributed by atoms with Gasteiger partial charge in [-0.15, -0.1) is 11.8 Å². The van der Waals surface area contributed by atoms with E-state index in [1.165, 1.54) is 0 Å². The number of ether oxygens (including phenoxy) is 2. The third kappa shape index (κ3) is 5.25. The summed E-state index contributed by atoms with van der Waals surface area (Å²) in [6.07, 6.45) is -0.838. The average molecular weight is 478 g/mol. The number of benzene rings is 2. The van der Waals surface area contributed by atoms with Crippen molar-refractivity contribution in [1.29, 1.82) is 0 Å². The Morgan fingerprint density at radius 1 is 1.16 bits per heavy atom. The van der Waals surface area contributed by atoms with E-state index >= 15 is 0 Å². The van der Waals surface area contributed by atoms with Gasteiger partial charge in [0.1, 0.15) is 11.5 Å². The summed E-state index contributed by atoms with van der Waals surface area (Å²) in [5, 5.41) is 11.5. The Morgan fingerprint density at radius 3 is 2.66 bits per heavy atom. The number of hydrogen-bond acceptors (Lipinski definition) is 8. The van der Waals surface area contributed by atoms with Crippen molar-refractivity contribution in [3.63, 3.8) is 0 Å². The Kier molecular flexibility index (Phi) is 6.70. The molecule has 12 heteroatoms. The Balaban J connectivity index is 1.26. The molecular formula is C20H20ClN5O5S. The second-order valence-electron chi connectivity index (χ2n) is 6.97. The SMILES string of the molecule is NC1NC(SCC(=O)Nc2ccc3c(c2)OCO3)NC(=O)C1NC(=O)c1ccc(Cl)cc1. The lowest BCUT2D eigenvalue weighted by molar-refractivity contribution is -0.125. The van der Waals surface area contributed by atoms with Crippen molar-refractivity contribution in [2.24, 2.45) is 5.73 Å². The van der Waals surface area contributed by atoms with Crippen molar-refractivity contribution in [2.75, 3.05) is 17.9 Å². The predicted molar refractivity (Wildman–Crippen MR) is 119 cm³/mol. The highest BCUT2D eigenvalue weighted by molar-refractivity contribution is 8.00. The maximum atomic E-state index is 12.5. The van der Waals surface area contributed by atoms with E-state index < -0.39 is 29.5 Å². The number of nitrogens with one attached hydrogen (secondary N) is 4. The van der Waals surface area contributed by atoms with Crippen molar-refractivity contribution < 1.29 is 23.9 Å². The molecule has 10 nitrogen and oxygen atoms in total. The minimum Gasteiger partial charge on any atom is -0.454 e. The highest BCUT2D eigenvalue weighted by Gasteiger charge is 2.35. The molecule has 32 heavy (non-hydrogen) atoms. The van der Waals surface area contributed by atoms with Crippen LogP contribution in [0.25, 0.3) is 0 Å². The number of carbonyl (C=O) groups excluding carboxylic acids is 3. The molecule has 4 rings (SSSR count). The molecule has 2 aromatic carbocycles. The van der Waals surface area contributed by atoms with Crippen LogP contribution in [0.5, 0.6) is 11.5 Å². The number of carbonyl (C=O) groups is 3. The Hall–Kier alpha value is -2.99. The van der Waals surface area contributed by atoms with Crippen LogP contribution in [0.15, 0.2) is 42.5 Å². The number of hydrogen-bond donors (Lipinski definition) is 5. The van der Waals surface area contributed by atoms with Gasteiger partial charge in [0.15, 0.2) is 11.5 Å². The first kappa shape index (κ1) is 22.2. The molecule has 6 N–H and O–H groups in total. The van der Waals surface area contributed by atoms with Crippen molar-refractivity contribution in [2.45, 2.75) is 17.7 Å².